The molecule has 50 valence electrons. The third-order valence-electron chi connectivity index (χ3n) is 0.362. The lowest BCUT2D eigenvalue weighted by Crippen LogP contribution is -2.05. The van der Waals surface area contributed by atoms with Crippen LogP contribution in [-0.4, -0.2) is 17.2 Å². The van der Waals surface area contributed by atoms with Gasteiger partial charge in [-0.3, -0.25) is 0 Å². The van der Waals surface area contributed by atoms with E-state index in [0.717, 1.165) is 6.08 Å². The van der Waals surface area contributed by atoms with Gasteiger partial charge in [-0.15, -0.1) is 0 Å². The number of rotatable bonds is 1. The van der Waals surface area contributed by atoms with Gasteiger partial charge < -0.3 is 5.11 Å². The van der Waals surface area contributed by atoms with Gasteiger partial charge in [0.1, 0.15) is 0 Å². The quantitative estimate of drug-likeness (QED) is 0.316. The second-order valence-electron chi connectivity index (χ2n) is 0.956. The smallest absolute Gasteiger partial charge is 0.447 e. The van der Waals surface area contributed by atoms with Crippen molar-refractivity contribution in [2.24, 2.45) is 0 Å². The van der Waals surface area contributed by atoms with Crippen molar-refractivity contribution in [3.63, 3.8) is 0 Å². The highest BCUT2D eigenvalue weighted by molar-refractivity contribution is 5.81. The second kappa shape index (κ2) is 3.48. The van der Waals surface area contributed by atoms with Crippen LogP contribution in [0, 0.1) is 0 Å². The van der Waals surface area contributed by atoms with Crippen LogP contribution in [0.2, 0.25) is 0 Å². The lowest BCUT2D eigenvalue weighted by atomic mass is 10.7. The lowest BCUT2D eigenvalue weighted by Gasteiger charge is -1.92. The molecule has 0 aromatic rings. The molecule has 0 radical (unpaired) electrons. The predicted molar refractivity (Wildman–Crippen MR) is 25.4 cm³/mol. The number of hydrogen-bond donors (Lipinski definition) is 1. The van der Waals surface area contributed by atoms with Gasteiger partial charge in [-0.05, 0) is 0 Å². The Morgan fingerprint density at radius 2 is 2.00 bits per heavy atom. The summed E-state index contributed by atoms with van der Waals surface area (Å²) in [7, 11) is 0. The Hall–Kier alpha value is -1.52. The van der Waals surface area contributed by atoms with Crippen LogP contribution >= 0.6 is 0 Å². The molecule has 9 heavy (non-hydrogen) atoms. The van der Waals surface area contributed by atoms with E-state index in [1.807, 2.05) is 0 Å². The monoisotopic (exact) mass is 132 g/mol. The van der Waals surface area contributed by atoms with E-state index in [-0.39, 0.29) is 0 Å². The first-order valence-corrected chi connectivity index (χ1v) is 1.90. The molecule has 0 spiro atoms. The maximum absolute atomic E-state index is 9.99. The zero-order chi connectivity index (χ0) is 7.28. The highest BCUT2D eigenvalue weighted by Gasteiger charge is 2.00. The van der Waals surface area contributed by atoms with Gasteiger partial charge in [0.25, 0.3) is 0 Å². The molecule has 0 aliphatic carbocycles. The average Bonchev–Trinajstić information content (AvgIpc) is 1.83. The van der Waals surface area contributed by atoms with Crippen molar-refractivity contribution in [3.05, 3.63) is 12.7 Å². The van der Waals surface area contributed by atoms with Crippen molar-refractivity contribution in [3.8, 4) is 0 Å². The molecule has 0 aromatic heterocycles. The molecule has 1 N–H and O–H groups in total. The SMILES string of the molecule is C=CC(=O)OOC(=O)O. The number of carbonyl (C=O) groups excluding carboxylic acids is 1. The van der Waals surface area contributed by atoms with Crippen LogP contribution in [0.4, 0.5) is 4.79 Å². The van der Waals surface area contributed by atoms with E-state index in [2.05, 4.69) is 16.4 Å². The topological polar surface area (TPSA) is 72.8 Å². The Bertz CT molecular complexity index is 138. The zero-order valence-corrected chi connectivity index (χ0v) is 4.36. The maximum Gasteiger partial charge on any atom is 0.547 e. The fourth-order valence-electron chi connectivity index (χ4n) is 0.111. The normalized spacial score (nSPS) is 7.56. The van der Waals surface area contributed by atoms with Gasteiger partial charge in [0, 0.05) is 6.08 Å². The van der Waals surface area contributed by atoms with Crippen molar-refractivity contribution in [2.75, 3.05) is 0 Å². The molecular formula is C4H4O5. The summed E-state index contributed by atoms with van der Waals surface area (Å²) >= 11 is 0. The minimum absolute atomic E-state index is 0.781. The Morgan fingerprint density at radius 1 is 1.44 bits per heavy atom. The minimum Gasteiger partial charge on any atom is -0.447 e. The Morgan fingerprint density at radius 3 is 2.33 bits per heavy atom. The van der Waals surface area contributed by atoms with Crippen molar-refractivity contribution in [2.45, 2.75) is 0 Å². The molecular weight excluding hydrogens is 128 g/mol. The highest BCUT2D eigenvalue weighted by atomic mass is 17.2. The van der Waals surface area contributed by atoms with Crippen LogP contribution < -0.4 is 0 Å². The van der Waals surface area contributed by atoms with E-state index in [1.54, 1.807) is 0 Å². The summed E-state index contributed by atoms with van der Waals surface area (Å²) in [5.41, 5.74) is 0. The summed E-state index contributed by atoms with van der Waals surface area (Å²) in [6, 6.07) is 0. The summed E-state index contributed by atoms with van der Waals surface area (Å²) in [5, 5.41) is 7.72. The first-order chi connectivity index (χ1) is 4.16. The van der Waals surface area contributed by atoms with Crippen molar-refractivity contribution < 1.29 is 24.5 Å². The van der Waals surface area contributed by atoms with Gasteiger partial charge in [0.2, 0.25) is 0 Å². The van der Waals surface area contributed by atoms with Gasteiger partial charge in [-0.1, -0.05) is 6.58 Å². The minimum atomic E-state index is -1.68. The van der Waals surface area contributed by atoms with E-state index in [1.165, 1.54) is 0 Å². The largest absolute Gasteiger partial charge is 0.547 e. The number of hydrogen-bond acceptors (Lipinski definition) is 4. The predicted octanol–water partition coefficient (Wildman–Crippen LogP) is 0.325. The molecule has 0 bridgehead atoms. The fraction of sp³-hybridized carbons (Fsp3) is 0. The van der Waals surface area contributed by atoms with Gasteiger partial charge >= 0.3 is 12.1 Å². The lowest BCUT2D eigenvalue weighted by molar-refractivity contribution is -0.235. The van der Waals surface area contributed by atoms with Crippen LogP contribution in [0.1, 0.15) is 0 Å². The second-order valence-corrected chi connectivity index (χ2v) is 0.956. The van der Waals surface area contributed by atoms with Crippen LogP contribution in [0.3, 0.4) is 0 Å². The Labute approximate surface area is 50.4 Å². The van der Waals surface area contributed by atoms with Crippen molar-refractivity contribution in [1.29, 1.82) is 0 Å². The van der Waals surface area contributed by atoms with E-state index >= 15 is 0 Å². The van der Waals surface area contributed by atoms with Gasteiger partial charge in [-0.25, -0.2) is 19.4 Å². The molecule has 0 aliphatic heterocycles. The third-order valence-corrected chi connectivity index (χ3v) is 0.362. The Balaban J connectivity index is 3.39. The average molecular weight is 132 g/mol. The maximum atomic E-state index is 9.99. The summed E-state index contributed by atoms with van der Waals surface area (Å²) in [5.74, 6) is -0.947. The summed E-state index contributed by atoms with van der Waals surface area (Å²) < 4.78 is 0. The standard InChI is InChI=1S/C4H4O5/c1-2-3(5)8-9-4(6)7/h2H,1H2,(H,6,7). The summed E-state index contributed by atoms with van der Waals surface area (Å²) in [6.45, 7) is 2.99. The number of carboxylic acid groups (broad SMARTS) is 1. The molecule has 0 atom stereocenters. The summed E-state index contributed by atoms with van der Waals surface area (Å²) in [6.07, 6.45) is -0.895. The first-order valence-electron chi connectivity index (χ1n) is 1.90. The van der Waals surface area contributed by atoms with E-state index in [4.69, 9.17) is 5.11 Å². The van der Waals surface area contributed by atoms with Crippen molar-refractivity contribution in [1.82, 2.24) is 0 Å². The molecule has 0 unspecified atom stereocenters. The van der Waals surface area contributed by atoms with Gasteiger partial charge in [-0.2, -0.15) is 0 Å². The molecule has 0 amide bonds. The van der Waals surface area contributed by atoms with Crippen LogP contribution in [0.25, 0.3) is 0 Å². The third kappa shape index (κ3) is 4.33. The van der Waals surface area contributed by atoms with E-state index in [0.29, 0.717) is 0 Å². The highest BCUT2D eigenvalue weighted by Crippen LogP contribution is 1.81. The van der Waals surface area contributed by atoms with Crippen molar-refractivity contribution >= 4 is 12.1 Å². The van der Waals surface area contributed by atoms with Crippen LogP contribution in [0.15, 0.2) is 12.7 Å². The van der Waals surface area contributed by atoms with E-state index < -0.39 is 12.1 Å². The number of carbonyl (C=O) groups is 2. The molecule has 0 rings (SSSR count). The zero-order valence-electron chi connectivity index (χ0n) is 4.36. The van der Waals surface area contributed by atoms with Gasteiger partial charge in [0.05, 0.1) is 0 Å². The molecule has 0 aromatic carbocycles. The van der Waals surface area contributed by atoms with Gasteiger partial charge in [0.15, 0.2) is 0 Å². The first kappa shape index (κ1) is 7.48. The van der Waals surface area contributed by atoms with Crippen LogP contribution in [0.5, 0.6) is 0 Å². The molecule has 5 heteroatoms. The molecule has 0 aliphatic rings. The molecule has 0 saturated heterocycles. The molecule has 0 fully saturated rings. The van der Waals surface area contributed by atoms with E-state index in [9.17, 15) is 9.59 Å². The molecule has 5 nitrogen and oxygen atoms in total. The Kier molecular flexibility index (Phi) is 2.89. The summed E-state index contributed by atoms with van der Waals surface area (Å²) in [4.78, 5) is 26.5. The van der Waals surface area contributed by atoms with Crippen LogP contribution in [-0.2, 0) is 14.6 Å². The molecule has 0 heterocycles. The molecule has 0 saturated carbocycles. The fourth-order valence-corrected chi connectivity index (χ4v) is 0.111.